The van der Waals surface area contributed by atoms with Gasteiger partial charge in [0.1, 0.15) is 5.82 Å². The summed E-state index contributed by atoms with van der Waals surface area (Å²) >= 11 is 0. The number of nitrogens with one attached hydrogen (secondary N) is 1. The molecule has 19 heavy (non-hydrogen) atoms. The molecule has 5 nitrogen and oxygen atoms in total. The maximum absolute atomic E-state index is 12.0. The summed E-state index contributed by atoms with van der Waals surface area (Å²) in [6.07, 6.45) is 0.263. The average molecular weight is 257 g/mol. The van der Waals surface area contributed by atoms with Crippen LogP contribution in [0.2, 0.25) is 0 Å². The Kier molecular flexibility index (Phi) is 2.83. The van der Waals surface area contributed by atoms with Crippen molar-refractivity contribution in [3.05, 3.63) is 36.0 Å². The number of carbonyl (C=O) groups excluding carboxylic acids is 1. The largest absolute Gasteiger partial charge is 0.394 e. The van der Waals surface area contributed by atoms with Crippen LogP contribution < -0.4 is 5.32 Å². The maximum atomic E-state index is 12.0. The molecule has 0 fully saturated rings. The van der Waals surface area contributed by atoms with Crippen molar-refractivity contribution in [3.8, 4) is 11.1 Å². The summed E-state index contributed by atoms with van der Waals surface area (Å²) in [6.45, 7) is 1.82. The molecule has 1 aromatic heterocycles. The highest BCUT2D eigenvalue weighted by Crippen LogP contribution is 2.33. The zero-order valence-electron chi connectivity index (χ0n) is 10.6. The number of benzene rings is 1. The van der Waals surface area contributed by atoms with Gasteiger partial charge in [0.15, 0.2) is 0 Å². The summed E-state index contributed by atoms with van der Waals surface area (Å²) in [5, 5.41) is 16.8. The predicted molar refractivity (Wildman–Crippen MR) is 72.1 cm³/mol. The van der Waals surface area contributed by atoms with Gasteiger partial charge in [0, 0.05) is 5.56 Å². The Morgan fingerprint density at radius 3 is 2.84 bits per heavy atom. The van der Waals surface area contributed by atoms with Crippen molar-refractivity contribution in [3.63, 3.8) is 0 Å². The smallest absolute Gasteiger partial charge is 0.250 e. The number of fused-ring (bicyclic) bond motifs is 1. The average Bonchev–Trinajstić information content (AvgIpc) is 2.76. The molecule has 5 heteroatoms. The van der Waals surface area contributed by atoms with Gasteiger partial charge in [-0.15, -0.1) is 0 Å². The van der Waals surface area contributed by atoms with Gasteiger partial charge >= 0.3 is 0 Å². The minimum atomic E-state index is -0.237. The summed E-state index contributed by atoms with van der Waals surface area (Å²) in [4.78, 5) is 12.0. The number of anilines is 1. The van der Waals surface area contributed by atoms with Gasteiger partial charge in [-0.3, -0.25) is 4.79 Å². The lowest BCUT2D eigenvalue weighted by atomic mass is 10.0. The van der Waals surface area contributed by atoms with Crippen LogP contribution in [0.3, 0.4) is 0 Å². The van der Waals surface area contributed by atoms with Gasteiger partial charge in [-0.2, -0.15) is 9.78 Å². The molecule has 2 N–H and O–H groups in total. The van der Waals surface area contributed by atoms with E-state index in [1.807, 2.05) is 37.3 Å². The van der Waals surface area contributed by atoms with Gasteiger partial charge in [0.25, 0.3) is 5.91 Å². The number of rotatable bonds is 2. The van der Waals surface area contributed by atoms with Crippen molar-refractivity contribution in [1.82, 2.24) is 9.78 Å². The SMILES string of the molecule is Cc1nn2c(c1-c1ccccc1)N[C@@H](CO)CC2=O. The molecule has 1 aromatic carbocycles. The van der Waals surface area contributed by atoms with E-state index in [2.05, 4.69) is 10.4 Å². The second-order valence-electron chi connectivity index (χ2n) is 4.71. The fourth-order valence-electron chi connectivity index (χ4n) is 2.44. The van der Waals surface area contributed by atoms with Crippen LogP contribution >= 0.6 is 0 Å². The van der Waals surface area contributed by atoms with Gasteiger partial charge in [0.05, 0.1) is 24.8 Å². The third kappa shape index (κ3) is 1.92. The highest BCUT2D eigenvalue weighted by atomic mass is 16.3. The van der Waals surface area contributed by atoms with Gasteiger partial charge < -0.3 is 10.4 Å². The molecule has 0 radical (unpaired) electrons. The van der Waals surface area contributed by atoms with Gasteiger partial charge in [-0.25, -0.2) is 0 Å². The summed E-state index contributed by atoms with van der Waals surface area (Å²) in [5.74, 6) is 0.595. The summed E-state index contributed by atoms with van der Waals surface area (Å²) in [7, 11) is 0. The van der Waals surface area contributed by atoms with E-state index in [0.717, 1.165) is 16.8 Å². The number of aliphatic hydroxyl groups is 1. The van der Waals surface area contributed by atoms with Crippen LogP contribution in [0.25, 0.3) is 11.1 Å². The third-order valence-electron chi connectivity index (χ3n) is 3.34. The molecule has 0 aliphatic carbocycles. The minimum absolute atomic E-state index is 0.0653. The number of hydrogen-bond donors (Lipinski definition) is 2. The van der Waals surface area contributed by atoms with Crippen molar-refractivity contribution in [1.29, 1.82) is 0 Å². The number of hydrogen-bond acceptors (Lipinski definition) is 4. The zero-order valence-corrected chi connectivity index (χ0v) is 10.6. The Morgan fingerprint density at radius 2 is 2.16 bits per heavy atom. The lowest BCUT2D eigenvalue weighted by Gasteiger charge is -2.23. The zero-order chi connectivity index (χ0) is 13.4. The molecule has 3 rings (SSSR count). The summed E-state index contributed by atoms with van der Waals surface area (Å²) < 4.78 is 1.41. The molecule has 1 atom stereocenters. The Hall–Kier alpha value is -2.14. The first-order valence-corrected chi connectivity index (χ1v) is 6.26. The van der Waals surface area contributed by atoms with E-state index in [0.29, 0.717) is 5.82 Å². The molecule has 0 amide bonds. The molecule has 2 heterocycles. The van der Waals surface area contributed by atoms with E-state index in [1.165, 1.54) is 4.68 Å². The molecule has 0 spiro atoms. The molecule has 0 saturated carbocycles. The molecule has 0 saturated heterocycles. The lowest BCUT2D eigenvalue weighted by molar-refractivity contribution is 0.0858. The number of aromatic nitrogens is 2. The Balaban J connectivity index is 2.15. The predicted octanol–water partition coefficient (Wildman–Crippen LogP) is 1.68. The van der Waals surface area contributed by atoms with E-state index >= 15 is 0 Å². The van der Waals surface area contributed by atoms with E-state index in [9.17, 15) is 9.90 Å². The summed E-state index contributed by atoms with van der Waals surface area (Å²) in [5.41, 5.74) is 2.74. The van der Waals surface area contributed by atoms with Crippen LogP contribution in [0.4, 0.5) is 5.82 Å². The highest BCUT2D eigenvalue weighted by molar-refractivity contribution is 5.91. The molecule has 0 unspecified atom stereocenters. The van der Waals surface area contributed by atoms with Crippen LogP contribution in [-0.4, -0.2) is 33.4 Å². The molecule has 0 bridgehead atoms. The van der Waals surface area contributed by atoms with Gasteiger partial charge in [-0.1, -0.05) is 30.3 Å². The number of nitrogens with zero attached hydrogens (tertiary/aromatic N) is 2. The van der Waals surface area contributed by atoms with Crippen LogP contribution in [0.5, 0.6) is 0 Å². The number of carbonyl (C=O) groups is 1. The minimum Gasteiger partial charge on any atom is -0.394 e. The Morgan fingerprint density at radius 1 is 1.42 bits per heavy atom. The molecule has 1 aliphatic heterocycles. The monoisotopic (exact) mass is 257 g/mol. The fraction of sp³-hybridized carbons (Fsp3) is 0.286. The molecular weight excluding hydrogens is 242 g/mol. The quantitative estimate of drug-likeness (QED) is 0.859. The van der Waals surface area contributed by atoms with Crippen LogP contribution in [-0.2, 0) is 0 Å². The van der Waals surface area contributed by atoms with Crippen molar-refractivity contribution in [2.75, 3.05) is 11.9 Å². The van der Waals surface area contributed by atoms with Crippen molar-refractivity contribution < 1.29 is 9.90 Å². The number of aryl methyl sites for hydroxylation is 1. The van der Waals surface area contributed by atoms with E-state index in [1.54, 1.807) is 0 Å². The maximum Gasteiger partial charge on any atom is 0.250 e. The normalized spacial score (nSPS) is 18.0. The first kappa shape index (κ1) is 11.9. The van der Waals surface area contributed by atoms with Crippen molar-refractivity contribution in [2.24, 2.45) is 0 Å². The highest BCUT2D eigenvalue weighted by Gasteiger charge is 2.29. The standard InChI is InChI=1S/C14H15N3O2/c1-9-13(10-5-3-2-4-6-10)14-15-11(8-18)7-12(19)17(14)16-9/h2-6,11,15,18H,7-8H2,1H3/t11-/m1/s1. The summed E-state index contributed by atoms with van der Waals surface area (Å²) in [6, 6.07) is 9.59. The Labute approximate surface area is 110 Å². The van der Waals surface area contributed by atoms with Crippen molar-refractivity contribution >= 4 is 11.7 Å². The Bertz CT molecular complexity index is 619. The van der Waals surface area contributed by atoms with Crippen LogP contribution in [0.1, 0.15) is 16.9 Å². The fourth-order valence-corrected chi connectivity index (χ4v) is 2.44. The van der Waals surface area contributed by atoms with E-state index in [4.69, 9.17) is 0 Å². The molecule has 98 valence electrons. The van der Waals surface area contributed by atoms with E-state index in [-0.39, 0.29) is 25.0 Å². The van der Waals surface area contributed by atoms with Crippen LogP contribution in [0, 0.1) is 6.92 Å². The topological polar surface area (TPSA) is 67.2 Å². The van der Waals surface area contributed by atoms with Crippen molar-refractivity contribution in [2.45, 2.75) is 19.4 Å². The van der Waals surface area contributed by atoms with E-state index < -0.39 is 0 Å². The number of aliphatic hydroxyl groups excluding tert-OH is 1. The lowest BCUT2D eigenvalue weighted by Crippen LogP contribution is -2.36. The van der Waals surface area contributed by atoms with Crippen LogP contribution in [0.15, 0.2) is 30.3 Å². The second-order valence-corrected chi connectivity index (χ2v) is 4.71. The first-order chi connectivity index (χ1) is 9.20. The third-order valence-corrected chi connectivity index (χ3v) is 3.34. The first-order valence-electron chi connectivity index (χ1n) is 6.26. The molecule has 2 aromatic rings. The molecule has 1 aliphatic rings. The molecular formula is C14H15N3O2. The van der Waals surface area contributed by atoms with Gasteiger partial charge in [0.2, 0.25) is 0 Å². The second kappa shape index (κ2) is 4.51. The van der Waals surface area contributed by atoms with Gasteiger partial charge in [-0.05, 0) is 12.5 Å².